The lowest BCUT2D eigenvalue weighted by molar-refractivity contribution is 0.00238. The fourth-order valence-electron chi connectivity index (χ4n) is 2.10. The van der Waals surface area contributed by atoms with Crippen molar-refractivity contribution in [2.45, 2.75) is 38.4 Å². The van der Waals surface area contributed by atoms with Crippen molar-refractivity contribution in [1.29, 1.82) is 0 Å². The molecule has 0 saturated carbocycles. The fourth-order valence-corrected chi connectivity index (χ4v) is 2.10. The van der Waals surface area contributed by atoms with Crippen molar-refractivity contribution < 1.29 is 19.3 Å². The lowest BCUT2D eigenvalue weighted by Gasteiger charge is -2.26. The number of methoxy groups -OCH3 is 1. The summed E-state index contributed by atoms with van der Waals surface area (Å²) < 4.78 is 16.5. The number of aliphatic hydroxyl groups is 1. The number of hydrogen-bond donors (Lipinski definition) is 1. The second-order valence-electron chi connectivity index (χ2n) is 5.39. The molecule has 1 aliphatic rings. The maximum atomic E-state index is 10.3. The van der Waals surface area contributed by atoms with Crippen molar-refractivity contribution in [2.75, 3.05) is 20.3 Å². The minimum Gasteiger partial charge on any atom is -0.486 e. The Bertz CT molecular complexity index is 428. The van der Waals surface area contributed by atoms with Gasteiger partial charge < -0.3 is 19.3 Å². The number of ether oxygens (including phenoxy) is 3. The van der Waals surface area contributed by atoms with E-state index in [4.69, 9.17) is 14.2 Å². The summed E-state index contributed by atoms with van der Waals surface area (Å²) in [7, 11) is 1.69. The third-order valence-corrected chi connectivity index (χ3v) is 3.53. The van der Waals surface area contributed by atoms with E-state index >= 15 is 0 Å². The molecule has 1 heterocycles. The molecule has 1 unspecified atom stereocenters. The number of rotatable bonds is 5. The summed E-state index contributed by atoms with van der Waals surface area (Å²) >= 11 is 0. The van der Waals surface area contributed by atoms with Crippen LogP contribution in [0.25, 0.3) is 0 Å². The molecule has 0 bridgehead atoms. The van der Waals surface area contributed by atoms with Crippen LogP contribution in [0.2, 0.25) is 0 Å². The van der Waals surface area contributed by atoms with Crippen molar-refractivity contribution in [3.63, 3.8) is 0 Å². The highest BCUT2D eigenvalue weighted by Crippen LogP contribution is 2.38. The molecule has 0 saturated heterocycles. The maximum absolute atomic E-state index is 10.3. The van der Waals surface area contributed by atoms with E-state index in [0.717, 1.165) is 12.0 Å². The van der Waals surface area contributed by atoms with E-state index in [1.54, 1.807) is 7.11 Å². The van der Waals surface area contributed by atoms with E-state index in [1.165, 1.54) is 0 Å². The molecule has 19 heavy (non-hydrogen) atoms. The highest BCUT2D eigenvalue weighted by atomic mass is 16.6. The summed E-state index contributed by atoms with van der Waals surface area (Å²) in [5.74, 6) is 1.39. The molecule has 4 heteroatoms. The molecule has 4 nitrogen and oxygen atoms in total. The molecule has 1 aliphatic heterocycles. The Morgan fingerprint density at radius 3 is 2.79 bits per heavy atom. The highest BCUT2D eigenvalue weighted by molar-refractivity contribution is 5.48. The quantitative estimate of drug-likeness (QED) is 0.890. The molecule has 106 valence electrons. The van der Waals surface area contributed by atoms with E-state index in [0.29, 0.717) is 31.1 Å². The number of benzene rings is 1. The zero-order valence-corrected chi connectivity index (χ0v) is 11.8. The van der Waals surface area contributed by atoms with Crippen LogP contribution < -0.4 is 9.47 Å². The Balaban J connectivity index is 2.09. The van der Waals surface area contributed by atoms with Crippen molar-refractivity contribution >= 4 is 0 Å². The van der Waals surface area contributed by atoms with Crippen LogP contribution >= 0.6 is 0 Å². The Labute approximate surface area is 114 Å². The summed E-state index contributed by atoms with van der Waals surface area (Å²) in [4.78, 5) is 0. The van der Waals surface area contributed by atoms with Crippen LogP contribution in [0.4, 0.5) is 0 Å². The van der Waals surface area contributed by atoms with Crippen LogP contribution in [0.1, 0.15) is 38.4 Å². The lowest BCUT2D eigenvalue weighted by Crippen LogP contribution is -2.23. The normalized spacial score (nSPS) is 16.2. The zero-order chi connectivity index (χ0) is 13.9. The van der Waals surface area contributed by atoms with Crippen LogP contribution in [0, 0.1) is 0 Å². The van der Waals surface area contributed by atoms with Gasteiger partial charge in [0.05, 0.1) is 11.7 Å². The van der Waals surface area contributed by atoms with Crippen molar-refractivity contribution in [3.8, 4) is 11.5 Å². The minimum atomic E-state index is -0.564. The first-order valence-corrected chi connectivity index (χ1v) is 6.65. The first-order valence-electron chi connectivity index (χ1n) is 6.65. The van der Waals surface area contributed by atoms with Gasteiger partial charge in [-0.1, -0.05) is 12.1 Å². The maximum Gasteiger partial charge on any atom is 0.167 e. The minimum absolute atomic E-state index is 0.229. The van der Waals surface area contributed by atoms with Crippen molar-refractivity contribution in [1.82, 2.24) is 0 Å². The molecule has 0 fully saturated rings. The zero-order valence-electron chi connectivity index (χ0n) is 11.8. The largest absolute Gasteiger partial charge is 0.486 e. The molecule has 0 amide bonds. The molecule has 2 rings (SSSR count). The average Bonchev–Trinajstić information content (AvgIpc) is 2.44. The first-order chi connectivity index (χ1) is 9.03. The van der Waals surface area contributed by atoms with Crippen LogP contribution in [0.15, 0.2) is 18.2 Å². The van der Waals surface area contributed by atoms with E-state index < -0.39 is 6.10 Å². The molecule has 1 aromatic rings. The molecule has 0 radical (unpaired) electrons. The summed E-state index contributed by atoms with van der Waals surface area (Å²) in [6.45, 7) is 5.11. The van der Waals surface area contributed by atoms with Crippen molar-refractivity contribution in [2.24, 2.45) is 0 Å². The van der Waals surface area contributed by atoms with E-state index in [9.17, 15) is 5.11 Å². The highest BCUT2D eigenvalue weighted by Gasteiger charge is 2.23. The Hall–Kier alpha value is -1.26. The molecule has 0 spiro atoms. The van der Waals surface area contributed by atoms with Gasteiger partial charge in [-0.25, -0.2) is 0 Å². The third-order valence-electron chi connectivity index (χ3n) is 3.53. The standard InChI is InChI=1S/C15H22O4/c1-15(2,17-3)8-7-12(16)11-5-4-6-13-14(11)19-10-9-18-13/h4-6,12,16H,7-10H2,1-3H3. The Morgan fingerprint density at radius 1 is 1.32 bits per heavy atom. The van der Waals surface area contributed by atoms with Crippen LogP contribution in [0.3, 0.4) is 0 Å². The van der Waals surface area contributed by atoms with Gasteiger partial charge in [0, 0.05) is 12.7 Å². The number of fused-ring (bicyclic) bond motifs is 1. The number of para-hydroxylation sites is 1. The van der Waals surface area contributed by atoms with Gasteiger partial charge in [-0.2, -0.15) is 0 Å². The smallest absolute Gasteiger partial charge is 0.167 e. The topological polar surface area (TPSA) is 47.9 Å². The van der Waals surface area contributed by atoms with Crippen LogP contribution in [-0.4, -0.2) is 31.0 Å². The second-order valence-corrected chi connectivity index (χ2v) is 5.39. The third kappa shape index (κ3) is 3.39. The van der Waals surface area contributed by atoms with E-state index in [2.05, 4.69) is 0 Å². The Morgan fingerprint density at radius 2 is 2.05 bits per heavy atom. The summed E-state index contributed by atoms with van der Waals surface area (Å²) in [6, 6.07) is 5.63. The molecule has 1 atom stereocenters. The second kappa shape index (κ2) is 5.80. The van der Waals surface area contributed by atoms with Gasteiger partial charge in [-0.3, -0.25) is 0 Å². The van der Waals surface area contributed by atoms with E-state index in [-0.39, 0.29) is 5.60 Å². The fraction of sp³-hybridized carbons (Fsp3) is 0.600. The van der Waals surface area contributed by atoms with Crippen LogP contribution in [-0.2, 0) is 4.74 Å². The summed E-state index contributed by atoms with van der Waals surface area (Å²) in [5, 5.41) is 10.3. The summed E-state index contributed by atoms with van der Waals surface area (Å²) in [6.07, 6.45) is 0.835. The van der Waals surface area contributed by atoms with Gasteiger partial charge in [0.2, 0.25) is 0 Å². The predicted octanol–water partition coefficient (Wildman–Crippen LogP) is 2.70. The number of aliphatic hydroxyl groups excluding tert-OH is 1. The monoisotopic (exact) mass is 266 g/mol. The first kappa shape index (κ1) is 14.2. The van der Waals surface area contributed by atoms with Crippen LogP contribution in [0.5, 0.6) is 11.5 Å². The van der Waals surface area contributed by atoms with Gasteiger partial charge >= 0.3 is 0 Å². The van der Waals surface area contributed by atoms with Gasteiger partial charge in [-0.05, 0) is 32.8 Å². The number of hydrogen-bond acceptors (Lipinski definition) is 4. The summed E-state index contributed by atoms with van der Waals surface area (Å²) in [5.41, 5.74) is 0.566. The molecule has 0 aromatic heterocycles. The van der Waals surface area contributed by atoms with Gasteiger partial charge in [-0.15, -0.1) is 0 Å². The van der Waals surface area contributed by atoms with Crippen molar-refractivity contribution in [3.05, 3.63) is 23.8 Å². The average molecular weight is 266 g/mol. The molecule has 1 aromatic carbocycles. The van der Waals surface area contributed by atoms with Gasteiger partial charge in [0.1, 0.15) is 13.2 Å². The molecule has 0 aliphatic carbocycles. The molecular formula is C15H22O4. The molecule has 1 N–H and O–H groups in total. The van der Waals surface area contributed by atoms with Gasteiger partial charge in [0.25, 0.3) is 0 Å². The lowest BCUT2D eigenvalue weighted by atomic mass is 9.96. The Kier molecular flexibility index (Phi) is 4.32. The van der Waals surface area contributed by atoms with Gasteiger partial charge in [0.15, 0.2) is 11.5 Å². The molecular weight excluding hydrogens is 244 g/mol. The van der Waals surface area contributed by atoms with E-state index in [1.807, 2.05) is 32.0 Å². The predicted molar refractivity (Wildman–Crippen MR) is 72.7 cm³/mol. The SMILES string of the molecule is COC(C)(C)CCC(O)c1cccc2c1OCCO2.